The quantitative estimate of drug-likeness (QED) is 0.380. The molecule has 1 heterocycles. The average molecular weight is 466 g/mol. The molecule has 0 unspecified atom stereocenters. The normalized spacial score (nSPS) is 10.6. The summed E-state index contributed by atoms with van der Waals surface area (Å²) >= 11 is 0. The zero-order valence-corrected chi connectivity index (χ0v) is 18.5. The fourth-order valence-electron chi connectivity index (χ4n) is 3.26. The SMILES string of the molecule is COc1cc2ncnc(Oc3ccc(NC(=O)Nc4ccc(F)cc4F)cc3C)c2cc1OC. The van der Waals surface area contributed by atoms with Gasteiger partial charge < -0.3 is 24.8 Å². The fourth-order valence-corrected chi connectivity index (χ4v) is 3.26. The molecule has 4 rings (SSSR count). The van der Waals surface area contributed by atoms with Crippen LogP contribution in [-0.2, 0) is 0 Å². The number of carbonyl (C=O) groups excluding carboxylic acids is 1. The molecule has 0 fully saturated rings. The average Bonchev–Trinajstić information content (AvgIpc) is 2.82. The molecule has 1 aromatic heterocycles. The van der Waals surface area contributed by atoms with Crippen molar-refractivity contribution in [3.63, 3.8) is 0 Å². The van der Waals surface area contributed by atoms with Gasteiger partial charge in [0, 0.05) is 17.8 Å². The number of hydrogen-bond acceptors (Lipinski definition) is 6. The lowest BCUT2D eigenvalue weighted by Crippen LogP contribution is -2.20. The predicted octanol–water partition coefficient (Wildman–Crippen LogP) is 5.67. The maximum Gasteiger partial charge on any atom is 0.323 e. The van der Waals surface area contributed by atoms with Crippen LogP contribution in [0.5, 0.6) is 23.1 Å². The number of urea groups is 1. The lowest BCUT2D eigenvalue weighted by atomic mass is 10.2. The van der Waals surface area contributed by atoms with Gasteiger partial charge in [-0.2, -0.15) is 0 Å². The van der Waals surface area contributed by atoms with Crippen LogP contribution < -0.4 is 24.8 Å². The van der Waals surface area contributed by atoms with E-state index >= 15 is 0 Å². The molecule has 10 heteroatoms. The first kappa shape index (κ1) is 22.7. The molecular weight excluding hydrogens is 446 g/mol. The van der Waals surface area contributed by atoms with Crippen LogP contribution in [-0.4, -0.2) is 30.2 Å². The van der Waals surface area contributed by atoms with Crippen molar-refractivity contribution < 1.29 is 27.8 Å². The first-order valence-corrected chi connectivity index (χ1v) is 10.1. The largest absolute Gasteiger partial charge is 0.493 e. The molecule has 8 nitrogen and oxygen atoms in total. The van der Waals surface area contributed by atoms with Gasteiger partial charge in [0.2, 0.25) is 5.88 Å². The minimum atomic E-state index is -0.874. The number of carbonyl (C=O) groups is 1. The first-order valence-electron chi connectivity index (χ1n) is 10.1. The van der Waals surface area contributed by atoms with Crippen molar-refractivity contribution in [3.05, 3.63) is 72.1 Å². The van der Waals surface area contributed by atoms with E-state index in [1.54, 1.807) is 37.3 Å². The number of anilines is 2. The third-order valence-corrected chi connectivity index (χ3v) is 4.92. The molecule has 0 atom stereocenters. The number of rotatable bonds is 6. The molecule has 0 saturated carbocycles. The summed E-state index contributed by atoms with van der Waals surface area (Å²) in [6.45, 7) is 1.80. The molecule has 0 saturated heterocycles. The van der Waals surface area contributed by atoms with Crippen molar-refractivity contribution in [2.24, 2.45) is 0 Å². The van der Waals surface area contributed by atoms with Gasteiger partial charge in [-0.25, -0.2) is 23.5 Å². The van der Waals surface area contributed by atoms with Crippen LogP contribution in [0.4, 0.5) is 25.0 Å². The zero-order chi connectivity index (χ0) is 24.2. The summed E-state index contributed by atoms with van der Waals surface area (Å²) in [7, 11) is 3.07. The summed E-state index contributed by atoms with van der Waals surface area (Å²) < 4.78 is 43.5. The van der Waals surface area contributed by atoms with E-state index < -0.39 is 17.7 Å². The van der Waals surface area contributed by atoms with Gasteiger partial charge in [-0.05, 0) is 48.9 Å². The van der Waals surface area contributed by atoms with E-state index in [2.05, 4.69) is 20.6 Å². The van der Waals surface area contributed by atoms with E-state index in [1.165, 1.54) is 20.5 Å². The first-order chi connectivity index (χ1) is 16.4. The summed E-state index contributed by atoms with van der Waals surface area (Å²) in [5.41, 5.74) is 1.63. The van der Waals surface area contributed by atoms with E-state index in [4.69, 9.17) is 14.2 Å². The fraction of sp³-hybridized carbons (Fsp3) is 0.125. The number of fused-ring (bicyclic) bond motifs is 1. The van der Waals surface area contributed by atoms with Gasteiger partial charge >= 0.3 is 6.03 Å². The smallest absolute Gasteiger partial charge is 0.323 e. The number of aromatic nitrogens is 2. The number of hydrogen-bond donors (Lipinski definition) is 2. The Bertz CT molecular complexity index is 1380. The van der Waals surface area contributed by atoms with E-state index in [0.29, 0.717) is 51.3 Å². The van der Waals surface area contributed by atoms with E-state index in [-0.39, 0.29) is 5.69 Å². The van der Waals surface area contributed by atoms with Crippen LogP contribution in [0.3, 0.4) is 0 Å². The van der Waals surface area contributed by atoms with Crippen LogP contribution >= 0.6 is 0 Å². The molecule has 0 radical (unpaired) electrons. The predicted molar refractivity (Wildman–Crippen MR) is 123 cm³/mol. The standard InChI is InChI=1S/C24H20F2N4O4/c1-13-8-15(29-24(31)30-18-6-4-14(25)9-17(18)26)5-7-20(13)34-23-16-10-21(32-2)22(33-3)11-19(16)27-12-28-23/h4-12H,1-3H3,(H2,29,30,31). The Hall–Kier alpha value is -4.47. The second-order valence-electron chi connectivity index (χ2n) is 7.19. The number of halogens is 2. The van der Waals surface area contributed by atoms with Crippen molar-refractivity contribution in [2.45, 2.75) is 6.92 Å². The number of benzene rings is 3. The van der Waals surface area contributed by atoms with Crippen LogP contribution in [0.1, 0.15) is 5.56 Å². The van der Waals surface area contributed by atoms with Crippen LogP contribution in [0, 0.1) is 18.6 Å². The van der Waals surface area contributed by atoms with Gasteiger partial charge in [-0.1, -0.05) is 0 Å². The summed E-state index contributed by atoms with van der Waals surface area (Å²) in [5.74, 6) is 0.259. The zero-order valence-electron chi connectivity index (χ0n) is 18.5. The lowest BCUT2D eigenvalue weighted by Gasteiger charge is -2.14. The summed E-state index contributed by atoms with van der Waals surface area (Å²) in [6, 6.07) is 10.6. The highest BCUT2D eigenvalue weighted by molar-refractivity contribution is 6.00. The van der Waals surface area contributed by atoms with Gasteiger partial charge in [0.15, 0.2) is 11.5 Å². The van der Waals surface area contributed by atoms with Crippen molar-refractivity contribution in [1.82, 2.24) is 9.97 Å². The number of nitrogens with zero attached hydrogens (tertiary/aromatic N) is 2. The molecule has 2 amide bonds. The molecule has 3 aromatic carbocycles. The van der Waals surface area contributed by atoms with Crippen LogP contribution in [0.25, 0.3) is 10.9 Å². The minimum absolute atomic E-state index is 0.140. The van der Waals surface area contributed by atoms with Crippen molar-refractivity contribution in [2.75, 3.05) is 24.9 Å². The van der Waals surface area contributed by atoms with Gasteiger partial charge in [0.05, 0.1) is 30.8 Å². The van der Waals surface area contributed by atoms with Crippen molar-refractivity contribution >= 4 is 28.3 Å². The number of nitrogens with one attached hydrogen (secondary N) is 2. The summed E-state index contributed by atoms with van der Waals surface area (Å²) in [4.78, 5) is 20.7. The van der Waals surface area contributed by atoms with Gasteiger partial charge in [0.25, 0.3) is 0 Å². The van der Waals surface area contributed by atoms with Crippen molar-refractivity contribution in [3.8, 4) is 23.1 Å². The molecule has 0 bridgehead atoms. The molecular formula is C24H20F2N4O4. The summed E-state index contributed by atoms with van der Waals surface area (Å²) in [6.07, 6.45) is 1.38. The van der Waals surface area contributed by atoms with Gasteiger partial charge in [0.1, 0.15) is 23.7 Å². The monoisotopic (exact) mass is 466 g/mol. The lowest BCUT2D eigenvalue weighted by molar-refractivity contribution is 0.262. The molecule has 0 aliphatic carbocycles. The van der Waals surface area contributed by atoms with Gasteiger partial charge in [-0.3, -0.25) is 0 Å². The van der Waals surface area contributed by atoms with E-state index in [9.17, 15) is 13.6 Å². The molecule has 34 heavy (non-hydrogen) atoms. The maximum absolute atomic E-state index is 13.8. The Balaban J connectivity index is 1.52. The Kier molecular flexibility index (Phi) is 6.39. The second kappa shape index (κ2) is 9.57. The third kappa shape index (κ3) is 4.80. The topological polar surface area (TPSA) is 94.6 Å². The van der Waals surface area contributed by atoms with Crippen LogP contribution in [0.2, 0.25) is 0 Å². The molecule has 4 aromatic rings. The molecule has 0 spiro atoms. The number of methoxy groups -OCH3 is 2. The Morgan fingerprint density at radius 1 is 0.882 bits per heavy atom. The number of aryl methyl sites for hydroxylation is 1. The number of amides is 2. The second-order valence-corrected chi connectivity index (χ2v) is 7.19. The molecule has 0 aliphatic heterocycles. The molecule has 0 aliphatic rings. The molecule has 2 N–H and O–H groups in total. The third-order valence-electron chi connectivity index (χ3n) is 4.92. The highest BCUT2D eigenvalue weighted by atomic mass is 19.1. The Labute approximate surface area is 193 Å². The van der Waals surface area contributed by atoms with Crippen LogP contribution in [0.15, 0.2) is 54.9 Å². The highest BCUT2D eigenvalue weighted by Gasteiger charge is 2.14. The summed E-state index contributed by atoms with van der Waals surface area (Å²) in [5, 5.41) is 5.56. The highest BCUT2D eigenvalue weighted by Crippen LogP contribution is 2.36. The van der Waals surface area contributed by atoms with Crippen molar-refractivity contribution in [1.29, 1.82) is 0 Å². The Morgan fingerprint density at radius 2 is 1.65 bits per heavy atom. The Morgan fingerprint density at radius 3 is 2.35 bits per heavy atom. The maximum atomic E-state index is 13.8. The van der Waals surface area contributed by atoms with E-state index in [0.717, 1.165) is 12.1 Å². The number of ether oxygens (including phenoxy) is 3. The van der Waals surface area contributed by atoms with Gasteiger partial charge in [-0.15, -0.1) is 0 Å². The molecule has 174 valence electrons. The van der Waals surface area contributed by atoms with E-state index in [1.807, 2.05) is 0 Å². The minimum Gasteiger partial charge on any atom is -0.493 e.